The molecule has 0 fully saturated rings. The van der Waals surface area contributed by atoms with Gasteiger partial charge < -0.3 is 10.5 Å². The fraction of sp³-hybridized carbons (Fsp3) is 0.115. The van der Waals surface area contributed by atoms with E-state index in [1.807, 2.05) is 59.6 Å². The monoisotopic (exact) mass is 445 g/mol. The summed E-state index contributed by atoms with van der Waals surface area (Å²) >= 11 is 6.45. The van der Waals surface area contributed by atoms with E-state index in [1.54, 1.807) is 0 Å². The van der Waals surface area contributed by atoms with Crippen molar-refractivity contribution < 1.29 is 9.59 Å². The molecule has 0 bridgehead atoms. The van der Waals surface area contributed by atoms with Gasteiger partial charge in [-0.2, -0.15) is 5.10 Å². The molecule has 0 spiro atoms. The Morgan fingerprint density at radius 1 is 0.969 bits per heavy atom. The summed E-state index contributed by atoms with van der Waals surface area (Å²) < 4.78 is 0. The molecule has 1 aliphatic carbocycles. The molecule has 0 unspecified atom stereocenters. The zero-order chi connectivity index (χ0) is 22.9. The number of halogens is 1. The van der Waals surface area contributed by atoms with Crippen LogP contribution in [0.5, 0.6) is 0 Å². The van der Waals surface area contributed by atoms with E-state index in [0.29, 0.717) is 11.4 Å². The first-order valence-electron chi connectivity index (χ1n) is 10.2. The molecule has 0 saturated heterocycles. The van der Waals surface area contributed by atoms with Gasteiger partial charge in [-0.15, -0.1) is 0 Å². The van der Waals surface area contributed by atoms with E-state index < -0.39 is 0 Å². The SMILES string of the molecule is C=NN(C1=C(CC=O)CCc2ccc(-c3ccccc3Cl)cc21)c1ccccc1.NC=O. The number of carbonyl (C=O) groups is 2. The Kier molecular flexibility index (Phi) is 7.95. The second-order valence-electron chi connectivity index (χ2n) is 7.10. The lowest BCUT2D eigenvalue weighted by molar-refractivity contribution is -0.107. The highest BCUT2D eigenvalue weighted by Gasteiger charge is 2.25. The first-order chi connectivity index (χ1) is 15.6. The summed E-state index contributed by atoms with van der Waals surface area (Å²) in [6.07, 6.45) is 3.31. The van der Waals surface area contributed by atoms with Crippen molar-refractivity contribution in [3.63, 3.8) is 0 Å². The van der Waals surface area contributed by atoms with Gasteiger partial charge in [0, 0.05) is 29.3 Å². The van der Waals surface area contributed by atoms with Crippen LogP contribution >= 0.6 is 11.6 Å². The fourth-order valence-corrected chi connectivity index (χ4v) is 4.13. The summed E-state index contributed by atoms with van der Waals surface area (Å²) in [5.41, 5.74) is 11.4. The van der Waals surface area contributed by atoms with Crippen molar-refractivity contribution >= 4 is 42.4 Å². The number of aryl methyl sites for hydroxylation is 1. The molecule has 0 atom stereocenters. The number of primary amides is 1. The van der Waals surface area contributed by atoms with Crippen LogP contribution in [0.25, 0.3) is 16.8 Å². The zero-order valence-electron chi connectivity index (χ0n) is 17.6. The number of hydrogen-bond acceptors (Lipinski definition) is 4. The molecule has 32 heavy (non-hydrogen) atoms. The van der Waals surface area contributed by atoms with E-state index in [0.717, 1.165) is 52.8 Å². The molecule has 0 saturated carbocycles. The van der Waals surface area contributed by atoms with Crippen LogP contribution in [0, 0.1) is 0 Å². The standard InChI is InChI=1S/C25H21ClN2O.CH3NO/c1-27-28(21-7-3-2-4-8-21)25-19(15-16-29)13-11-18-12-14-20(17-23(18)25)22-9-5-6-10-24(22)26;2-1-3/h2-10,12,14,16-17H,1,11,13,15H2;1H,(H2,2,3). The van der Waals surface area contributed by atoms with Crippen LogP contribution in [-0.4, -0.2) is 19.4 Å². The zero-order valence-corrected chi connectivity index (χ0v) is 18.3. The summed E-state index contributed by atoms with van der Waals surface area (Å²) in [6.45, 7) is 3.81. The van der Waals surface area contributed by atoms with Crippen LogP contribution in [-0.2, 0) is 16.0 Å². The van der Waals surface area contributed by atoms with E-state index in [4.69, 9.17) is 16.4 Å². The van der Waals surface area contributed by atoms with Crippen LogP contribution in [0.15, 0.2) is 83.5 Å². The van der Waals surface area contributed by atoms with Crippen LogP contribution in [0.2, 0.25) is 5.02 Å². The maximum absolute atomic E-state index is 11.4. The molecule has 0 aliphatic heterocycles. The molecule has 0 aromatic heterocycles. The van der Waals surface area contributed by atoms with Crippen LogP contribution in [0.1, 0.15) is 24.0 Å². The molecule has 2 N–H and O–H groups in total. The molecule has 4 rings (SSSR count). The molecule has 0 heterocycles. The first kappa shape index (κ1) is 23.0. The Labute approximate surface area is 192 Å². The molecule has 0 radical (unpaired) electrons. The summed E-state index contributed by atoms with van der Waals surface area (Å²) in [5.74, 6) is 0. The van der Waals surface area contributed by atoms with Gasteiger partial charge in [0.1, 0.15) is 6.29 Å². The van der Waals surface area contributed by atoms with Gasteiger partial charge in [0.25, 0.3) is 0 Å². The number of hydrazone groups is 1. The number of allylic oxidation sites excluding steroid dienone is 1. The highest BCUT2D eigenvalue weighted by atomic mass is 35.5. The third-order valence-electron chi connectivity index (χ3n) is 5.26. The van der Waals surface area contributed by atoms with Crippen molar-refractivity contribution in [3.8, 4) is 11.1 Å². The van der Waals surface area contributed by atoms with Gasteiger partial charge >= 0.3 is 0 Å². The number of para-hydroxylation sites is 1. The number of anilines is 1. The van der Waals surface area contributed by atoms with Crippen molar-refractivity contribution in [2.75, 3.05) is 5.01 Å². The van der Waals surface area contributed by atoms with E-state index in [9.17, 15) is 4.79 Å². The molecule has 1 aliphatic rings. The lowest BCUT2D eigenvalue weighted by Crippen LogP contribution is -2.20. The van der Waals surface area contributed by atoms with Gasteiger partial charge in [-0.05, 0) is 53.8 Å². The smallest absolute Gasteiger partial charge is 0.204 e. The Bertz CT molecular complexity index is 1140. The van der Waals surface area contributed by atoms with Gasteiger partial charge in [-0.3, -0.25) is 4.79 Å². The quantitative estimate of drug-likeness (QED) is 0.310. The first-order valence-corrected chi connectivity index (χ1v) is 10.5. The normalized spacial score (nSPS) is 12.2. The van der Waals surface area contributed by atoms with Crippen molar-refractivity contribution in [1.29, 1.82) is 0 Å². The number of rotatable bonds is 6. The van der Waals surface area contributed by atoms with Gasteiger partial charge in [-0.1, -0.05) is 60.1 Å². The average Bonchev–Trinajstić information content (AvgIpc) is 2.82. The largest absolute Gasteiger partial charge is 0.372 e. The molecule has 6 heteroatoms. The Hall–Kier alpha value is -3.70. The van der Waals surface area contributed by atoms with Gasteiger partial charge in [0.2, 0.25) is 6.41 Å². The predicted octanol–water partition coefficient (Wildman–Crippen LogP) is 5.48. The topological polar surface area (TPSA) is 75.8 Å². The minimum atomic E-state index is 0.250. The maximum Gasteiger partial charge on any atom is 0.204 e. The number of nitrogens with two attached hydrogens (primary N) is 1. The number of nitrogens with zero attached hydrogens (tertiary/aromatic N) is 2. The number of aldehydes is 1. The lowest BCUT2D eigenvalue weighted by atomic mass is 9.85. The third-order valence-corrected chi connectivity index (χ3v) is 5.59. The lowest BCUT2D eigenvalue weighted by Gasteiger charge is -2.30. The molecule has 3 aromatic rings. The second-order valence-corrected chi connectivity index (χ2v) is 7.51. The van der Waals surface area contributed by atoms with Crippen molar-refractivity contribution in [2.45, 2.75) is 19.3 Å². The molecule has 162 valence electrons. The Balaban J connectivity index is 0.000000913. The van der Waals surface area contributed by atoms with Gasteiger partial charge in [0.05, 0.1) is 11.4 Å². The number of hydrogen-bond donors (Lipinski definition) is 1. The number of fused-ring (bicyclic) bond motifs is 1. The van der Waals surface area contributed by atoms with Crippen LogP contribution < -0.4 is 10.7 Å². The minimum absolute atomic E-state index is 0.250. The van der Waals surface area contributed by atoms with E-state index in [1.165, 1.54) is 5.56 Å². The highest BCUT2D eigenvalue weighted by Crippen LogP contribution is 2.40. The fourth-order valence-electron chi connectivity index (χ4n) is 3.89. The summed E-state index contributed by atoms with van der Waals surface area (Å²) in [4.78, 5) is 20.0. The van der Waals surface area contributed by atoms with Crippen molar-refractivity contribution in [3.05, 3.63) is 94.5 Å². The highest BCUT2D eigenvalue weighted by molar-refractivity contribution is 6.33. The van der Waals surface area contributed by atoms with Crippen LogP contribution in [0.4, 0.5) is 5.69 Å². The van der Waals surface area contributed by atoms with Crippen molar-refractivity contribution in [1.82, 2.24) is 0 Å². The van der Waals surface area contributed by atoms with Crippen LogP contribution in [0.3, 0.4) is 0 Å². The third kappa shape index (κ3) is 4.95. The number of carbonyl (C=O) groups excluding carboxylic acids is 2. The summed E-state index contributed by atoms with van der Waals surface area (Å²) in [7, 11) is 0. The summed E-state index contributed by atoms with van der Waals surface area (Å²) in [5, 5.41) is 6.87. The molecule has 1 amide bonds. The molecule has 5 nitrogen and oxygen atoms in total. The molecular formula is C26H24ClN3O2. The molecule has 3 aromatic carbocycles. The second kappa shape index (κ2) is 11.1. The van der Waals surface area contributed by atoms with Gasteiger partial charge in [-0.25, -0.2) is 5.01 Å². The summed E-state index contributed by atoms with van der Waals surface area (Å²) in [6, 6.07) is 24.1. The van der Waals surface area contributed by atoms with Gasteiger partial charge in [0.15, 0.2) is 0 Å². The van der Waals surface area contributed by atoms with E-state index >= 15 is 0 Å². The predicted molar refractivity (Wildman–Crippen MR) is 132 cm³/mol. The van der Waals surface area contributed by atoms with Crippen molar-refractivity contribution in [2.24, 2.45) is 10.8 Å². The number of amides is 1. The molecular weight excluding hydrogens is 422 g/mol. The van der Waals surface area contributed by atoms with E-state index in [-0.39, 0.29) is 6.41 Å². The maximum atomic E-state index is 11.4. The average molecular weight is 446 g/mol. The van der Waals surface area contributed by atoms with E-state index in [2.05, 4.69) is 35.8 Å². The Morgan fingerprint density at radius 2 is 1.66 bits per heavy atom. The number of benzene rings is 3. The Morgan fingerprint density at radius 3 is 2.31 bits per heavy atom. The minimum Gasteiger partial charge on any atom is -0.372 e.